The van der Waals surface area contributed by atoms with Gasteiger partial charge in [-0.2, -0.15) is 0 Å². The van der Waals surface area contributed by atoms with Crippen molar-refractivity contribution in [2.24, 2.45) is 0 Å². The van der Waals surface area contributed by atoms with Gasteiger partial charge in [-0.05, 0) is 37.1 Å². The van der Waals surface area contributed by atoms with E-state index in [0.29, 0.717) is 18.5 Å². The van der Waals surface area contributed by atoms with E-state index in [1.807, 2.05) is 30.3 Å². The van der Waals surface area contributed by atoms with Gasteiger partial charge in [0.2, 0.25) is 5.91 Å². The smallest absolute Gasteiger partial charge is 0.256 e. The number of aromatic nitrogens is 1. The maximum atomic E-state index is 12.5. The van der Waals surface area contributed by atoms with Crippen LogP contribution in [0.1, 0.15) is 23.2 Å². The van der Waals surface area contributed by atoms with Crippen molar-refractivity contribution in [1.29, 1.82) is 0 Å². The summed E-state index contributed by atoms with van der Waals surface area (Å²) in [7, 11) is 0. The highest BCUT2D eigenvalue weighted by Crippen LogP contribution is 2.21. The summed E-state index contributed by atoms with van der Waals surface area (Å²) in [6.45, 7) is 0.598. The Balaban J connectivity index is 1.73. The van der Waals surface area contributed by atoms with Gasteiger partial charge >= 0.3 is 0 Å². The van der Waals surface area contributed by atoms with E-state index in [9.17, 15) is 9.59 Å². The standard InChI is InChI=1S/C17H17N3O2/c21-16(19-14-7-2-1-3-8-14)15-9-5-11-20(15)17(22)13-6-4-10-18-12-13/h1-4,6-8,10,12,15H,5,9,11H2,(H,19,21)/t15-/m1/s1. The molecule has 5 nitrogen and oxygen atoms in total. The van der Waals surface area contributed by atoms with E-state index in [1.165, 1.54) is 6.20 Å². The number of nitrogens with one attached hydrogen (secondary N) is 1. The number of pyridine rings is 1. The van der Waals surface area contributed by atoms with Crippen molar-refractivity contribution in [3.8, 4) is 0 Å². The highest BCUT2D eigenvalue weighted by Gasteiger charge is 2.34. The van der Waals surface area contributed by atoms with Crippen LogP contribution in [0.3, 0.4) is 0 Å². The second-order valence-corrected chi connectivity index (χ2v) is 5.25. The molecule has 1 atom stereocenters. The molecule has 0 aliphatic carbocycles. The average molecular weight is 295 g/mol. The number of para-hydroxylation sites is 1. The third-order valence-corrected chi connectivity index (χ3v) is 3.77. The predicted molar refractivity (Wildman–Crippen MR) is 83.4 cm³/mol. The number of anilines is 1. The lowest BCUT2D eigenvalue weighted by atomic mass is 10.1. The Morgan fingerprint density at radius 3 is 2.68 bits per heavy atom. The number of hydrogen-bond acceptors (Lipinski definition) is 3. The molecule has 1 aromatic carbocycles. The molecule has 112 valence electrons. The Bertz CT molecular complexity index is 658. The fourth-order valence-electron chi connectivity index (χ4n) is 2.68. The van der Waals surface area contributed by atoms with Crippen molar-refractivity contribution in [3.05, 3.63) is 60.4 Å². The van der Waals surface area contributed by atoms with Crippen molar-refractivity contribution in [1.82, 2.24) is 9.88 Å². The Labute approximate surface area is 129 Å². The molecule has 2 heterocycles. The van der Waals surface area contributed by atoms with Crippen molar-refractivity contribution in [2.45, 2.75) is 18.9 Å². The summed E-state index contributed by atoms with van der Waals surface area (Å²) in [6.07, 6.45) is 4.68. The second-order valence-electron chi connectivity index (χ2n) is 5.25. The fourth-order valence-corrected chi connectivity index (χ4v) is 2.68. The van der Waals surface area contributed by atoms with Gasteiger partial charge in [-0.15, -0.1) is 0 Å². The Hall–Kier alpha value is -2.69. The normalized spacial score (nSPS) is 17.3. The third kappa shape index (κ3) is 2.98. The summed E-state index contributed by atoms with van der Waals surface area (Å²) >= 11 is 0. The van der Waals surface area contributed by atoms with Crippen molar-refractivity contribution >= 4 is 17.5 Å². The number of benzene rings is 1. The number of carbonyl (C=O) groups is 2. The summed E-state index contributed by atoms with van der Waals surface area (Å²) in [4.78, 5) is 30.6. The number of rotatable bonds is 3. The van der Waals surface area contributed by atoms with Gasteiger partial charge in [0, 0.05) is 24.6 Å². The third-order valence-electron chi connectivity index (χ3n) is 3.77. The zero-order valence-corrected chi connectivity index (χ0v) is 12.1. The largest absolute Gasteiger partial charge is 0.327 e. The van der Waals surface area contributed by atoms with Gasteiger partial charge in [0.25, 0.3) is 5.91 Å². The molecular formula is C17H17N3O2. The second kappa shape index (κ2) is 6.39. The minimum absolute atomic E-state index is 0.138. The first-order valence-electron chi connectivity index (χ1n) is 7.32. The van der Waals surface area contributed by atoms with E-state index in [-0.39, 0.29) is 11.8 Å². The van der Waals surface area contributed by atoms with Crippen LogP contribution in [0.15, 0.2) is 54.9 Å². The Morgan fingerprint density at radius 1 is 1.14 bits per heavy atom. The van der Waals surface area contributed by atoms with Gasteiger partial charge in [-0.3, -0.25) is 14.6 Å². The van der Waals surface area contributed by atoms with Crippen LogP contribution in [-0.4, -0.2) is 34.3 Å². The van der Waals surface area contributed by atoms with E-state index < -0.39 is 6.04 Å². The molecule has 1 aromatic heterocycles. The summed E-state index contributed by atoms with van der Waals surface area (Å²) < 4.78 is 0. The highest BCUT2D eigenvalue weighted by atomic mass is 16.2. The van der Waals surface area contributed by atoms with Crippen LogP contribution in [-0.2, 0) is 4.79 Å². The molecule has 1 saturated heterocycles. The molecule has 5 heteroatoms. The minimum atomic E-state index is -0.423. The zero-order valence-electron chi connectivity index (χ0n) is 12.1. The first-order valence-corrected chi connectivity index (χ1v) is 7.32. The average Bonchev–Trinajstić information content (AvgIpc) is 3.05. The maximum Gasteiger partial charge on any atom is 0.256 e. The van der Waals surface area contributed by atoms with E-state index >= 15 is 0 Å². The van der Waals surface area contributed by atoms with Crippen LogP contribution >= 0.6 is 0 Å². The predicted octanol–water partition coefficient (Wildman–Crippen LogP) is 2.32. The number of hydrogen-bond donors (Lipinski definition) is 1. The van der Waals surface area contributed by atoms with E-state index in [1.54, 1.807) is 23.2 Å². The van der Waals surface area contributed by atoms with Gasteiger partial charge in [0.15, 0.2) is 0 Å². The van der Waals surface area contributed by atoms with E-state index in [0.717, 1.165) is 12.1 Å². The summed E-state index contributed by atoms with van der Waals surface area (Å²) in [5.74, 6) is -0.278. The van der Waals surface area contributed by atoms with Gasteiger partial charge in [0.05, 0.1) is 5.56 Å². The topological polar surface area (TPSA) is 62.3 Å². The van der Waals surface area contributed by atoms with Crippen LogP contribution in [0.4, 0.5) is 5.69 Å². The molecule has 0 saturated carbocycles. The Kier molecular flexibility index (Phi) is 4.14. The number of amides is 2. The van der Waals surface area contributed by atoms with Gasteiger partial charge in [0.1, 0.15) is 6.04 Å². The van der Waals surface area contributed by atoms with E-state index in [2.05, 4.69) is 10.3 Å². The first-order chi connectivity index (χ1) is 10.8. The molecule has 3 rings (SSSR count). The molecule has 1 N–H and O–H groups in total. The molecule has 0 bridgehead atoms. The zero-order chi connectivity index (χ0) is 15.4. The van der Waals surface area contributed by atoms with Gasteiger partial charge in [-0.1, -0.05) is 18.2 Å². The van der Waals surface area contributed by atoms with Crippen LogP contribution in [0.25, 0.3) is 0 Å². The monoisotopic (exact) mass is 295 g/mol. The van der Waals surface area contributed by atoms with E-state index in [4.69, 9.17) is 0 Å². The fraction of sp³-hybridized carbons (Fsp3) is 0.235. The van der Waals surface area contributed by atoms with Gasteiger partial charge in [-0.25, -0.2) is 0 Å². The van der Waals surface area contributed by atoms with Crippen molar-refractivity contribution < 1.29 is 9.59 Å². The molecule has 0 radical (unpaired) electrons. The van der Waals surface area contributed by atoms with Crippen molar-refractivity contribution in [2.75, 3.05) is 11.9 Å². The molecule has 2 amide bonds. The lowest BCUT2D eigenvalue weighted by molar-refractivity contribution is -0.119. The molecule has 0 spiro atoms. The number of carbonyl (C=O) groups excluding carboxylic acids is 2. The SMILES string of the molecule is O=C(Nc1ccccc1)[C@H]1CCCN1C(=O)c1cccnc1. The molecule has 2 aromatic rings. The summed E-state index contributed by atoms with van der Waals surface area (Å²) in [5, 5.41) is 2.87. The molecule has 0 unspecified atom stereocenters. The molecule has 1 fully saturated rings. The van der Waals surface area contributed by atoms with Gasteiger partial charge < -0.3 is 10.2 Å². The minimum Gasteiger partial charge on any atom is -0.327 e. The number of likely N-dealkylation sites (tertiary alicyclic amines) is 1. The number of nitrogens with zero attached hydrogens (tertiary/aromatic N) is 2. The maximum absolute atomic E-state index is 12.5. The quantitative estimate of drug-likeness (QED) is 0.945. The molecule has 1 aliphatic rings. The van der Waals surface area contributed by atoms with Crippen LogP contribution in [0.5, 0.6) is 0 Å². The van der Waals surface area contributed by atoms with Crippen LogP contribution in [0, 0.1) is 0 Å². The first kappa shape index (κ1) is 14.3. The molecule has 1 aliphatic heterocycles. The lowest BCUT2D eigenvalue weighted by Gasteiger charge is -2.24. The molecule has 22 heavy (non-hydrogen) atoms. The van der Waals surface area contributed by atoms with Crippen molar-refractivity contribution in [3.63, 3.8) is 0 Å². The molecular weight excluding hydrogens is 278 g/mol. The van der Waals surface area contributed by atoms with Crippen LogP contribution in [0.2, 0.25) is 0 Å². The van der Waals surface area contributed by atoms with Crippen LogP contribution < -0.4 is 5.32 Å². The highest BCUT2D eigenvalue weighted by molar-refractivity contribution is 6.01. The Morgan fingerprint density at radius 2 is 1.95 bits per heavy atom. The lowest BCUT2D eigenvalue weighted by Crippen LogP contribution is -2.43. The summed E-state index contributed by atoms with van der Waals surface area (Å²) in [6, 6.07) is 12.3. The summed E-state index contributed by atoms with van der Waals surface area (Å²) in [5.41, 5.74) is 1.26.